The number of hydroxylamine groups is 1. The lowest BCUT2D eigenvalue weighted by Gasteiger charge is -2.29. The topological polar surface area (TPSA) is 100 Å². The normalized spacial score (nSPS) is 26.8. The van der Waals surface area contributed by atoms with Gasteiger partial charge < -0.3 is 14.5 Å². The summed E-state index contributed by atoms with van der Waals surface area (Å²) in [6.45, 7) is 7.87. The number of aromatic nitrogens is 1. The number of amidine groups is 1. The Bertz CT molecular complexity index is 990. The summed E-state index contributed by atoms with van der Waals surface area (Å²) in [5.74, 6) is 0.465. The molecule has 1 aromatic heterocycles. The molecular weight excluding hydrogens is 464 g/mol. The molecule has 4 atom stereocenters. The molecule has 9 heteroatoms. The Kier molecular flexibility index (Phi) is 5.93. The third kappa shape index (κ3) is 4.26. The van der Waals surface area contributed by atoms with Gasteiger partial charge >= 0.3 is 0 Å². The van der Waals surface area contributed by atoms with Crippen molar-refractivity contribution in [2.24, 2.45) is 10.9 Å². The minimum atomic E-state index is -0.919. The standard InChI is InChI=1S/C22H27BrN4O4/c1-12(2)19(18-9-13(3)25-30-18)21(29)27-11-16(28)10-17(27)20-24-22(4,31-26-20)14-5-7-15(23)8-6-14/h5-9,12,16-17,19,28H,10-11H2,1-4H3,(H,24,26)/t16-,17+,19?,22+/m1/s1. The SMILES string of the molecule is Cc1cc(C(C(=O)N2C[C@H](O)C[C@H]2C2=N[C@](C)(c3ccc(Br)cc3)ON2)C(C)C)on1. The molecule has 0 radical (unpaired) electrons. The maximum atomic E-state index is 13.6. The number of hydrogen-bond acceptors (Lipinski definition) is 7. The summed E-state index contributed by atoms with van der Waals surface area (Å²) in [7, 11) is 0. The van der Waals surface area contributed by atoms with Crippen LogP contribution in [0.2, 0.25) is 0 Å². The molecule has 0 spiro atoms. The number of benzene rings is 1. The number of aliphatic hydroxyl groups is 1. The minimum Gasteiger partial charge on any atom is -0.391 e. The van der Waals surface area contributed by atoms with Crippen LogP contribution in [0.5, 0.6) is 0 Å². The number of halogens is 1. The van der Waals surface area contributed by atoms with Gasteiger partial charge in [0.1, 0.15) is 17.5 Å². The van der Waals surface area contributed by atoms with Crippen molar-refractivity contribution >= 4 is 27.7 Å². The second-order valence-electron chi connectivity index (χ2n) is 8.68. The highest BCUT2D eigenvalue weighted by Gasteiger charge is 2.45. The van der Waals surface area contributed by atoms with Crippen LogP contribution >= 0.6 is 15.9 Å². The molecule has 1 amide bonds. The molecule has 0 saturated carbocycles. The number of carbonyl (C=O) groups excluding carboxylic acids is 1. The molecule has 2 aliphatic heterocycles. The molecule has 1 aromatic carbocycles. The monoisotopic (exact) mass is 490 g/mol. The Morgan fingerprint density at radius 3 is 2.68 bits per heavy atom. The molecule has 4 rings (SSSR count). The number of carbonyl (C=O) groups is 1. The van der Waals surface area contributed by atoms with Crippen LogP contribution in [-0.2, 0) is 15.4 Å². The summed E-state index contributed by atoms with van der Waals surface area (Å²) in [5.41, 5.74) is 3.61. The number of amides is 1. The number of rotatable bonds is 5. The lowest BCUT2D eigenvalue weighted by molar-refractivity contribution is -0.134. The van der Waals surface area contributed by atoms with E-state index in [0.717, 1.165) is 15.7 Å². The van der Waals surface area contributed by atoms with E-state index in [-0.39, 0.29) is 18.4 Å². The van der Waals surface area contributed by atoms with E-state index in [1.807, 2.05) is 52.0 Å². The van der Waals surface area contributed by atoms with E-state index in [4.69, 9.17) is 14.4 Å². The van der Waals surface area contributed by atoms with Crippen LogP contribution in [-0.4, -0.2) is 45.6 Å². The first-order valence-corrected chi connectivity index (χ1v) is 11.2. The van der Waals surface area contributed by atoms with Gasteiger partial charge in [-0.15, -0.1) is 0 Å². The van der Waals surface area contributed by atoms with Crippen LogP contribution in [0.25, 0.3) is 0 Å². The Labute approximate surface area is 189 Å². The van der Waals surface area contributed by atoms with Gasteiger partial charge in [0.15, 0.2) is 0 Å². The van der Waals surface area contributed by atoms with Gasteiger partial charge in [0.25, 0.3) is 0 Å². The molecule has 1 unspecified atom stereocenters. The van der Waals surface area contributed by atoms with Gasteiger partial charge in [0, 0.05) is 29.1 Å². The van der Waals surface area contributed by atoms with Crippen molar-refractivity contribution in [3.05, 3.63) is 51.8 Å². The Balaban J connectivity index is 1.62. The molecule has 2 aromatic rings. The molecule has 2 aliphatic rings. The van der Waals surface area contributed by atoms with Crippen molar-refractivity contribution in [2.75, 3.05) is 6.54 Å². The molecule has 0 aliphatic carbocycles. The van der Waals surface area contributed by atoms with E-state index in [0.29, 0.717) is 18.0 Å². The van der Waals surface area contributed by atoms with Crippen molar-refractivity contribution in [2.45, 2.75) is 57.9 Å². The Morgan fingerprint density at radius 2 is 2.06 bits per heavy atom. The van der Waals surface area contributed by atoms with Crippen LogP contribution in [0.4, 0.5) is 0 Å². The first kappa shape index (κ1) is 22.0. The molecule has 8 nitrogen and oxygen atoms in total. The second kappa shape index (κ2) is 8.37. The number of nitrogens with zero attached hydrogens (tertiary/aromatic N) is 3. The smallest absolute Gasteiger partial charge is 0.234 e. The first-order chi connectivity index (χ1) is 14.7. The van der Waals surface area contributed by atoms with Crippen molar-refractivity contribution in [3.63, 3.8) is 0 Å². The van der Waals surface area contributed by atoms with E-state index >= 15 is 0 Å². The summed E-state index contributed by atoms with van der Waals surface area (Å²) in [6.07, 6.45) is -0.250. The van der Waals surface area contributed by atoms with Crippen LogP contribution in [0.1, 0.15) is 50.1 Å². The molecule has 31 heavy (non-hydrogen) atoms. The minimum absolute atomic E-state index is 0.000926. The zero-order chi connectivity index (χ0) is 22.3. The summed E-state index contributed by atoms with van der Waals surface area (Å²) >= 11 is 3.44. The number of hydrogen-bond donors (Lipinski definition) is 2. The average Bonchev–Trinajstić information content (AvgIpc) is 3.41. The van der Waals surface area contributed by atoms with Crippen molar-refractivity contribution in [3.8, 4) is 0 Å². The van der Waals surface area contributed by atoms with Gasteiger partial charge in [-0.1, -0.05) is 47.1 Å². The fraction of sp³-hybridized carbons (Fsp3) is 0.500. The fourth-order valence-corrected chi connectivity index (χ4v) is 4.48. The maximum absolute atomic E-state index is 13.6. The average molecular weight is 491 g/mol. The van der Waals surface area contributed by atoms with Crippen LogP contribution in [0.15, 0.2) is 44.3 Å². The van der Waals surface area contributed by atoms with E-state index in [1.54, 1.807) is 11.0 Å². The van der Waals surface area contributed by atoms with Gasteiger partial charge in [-0.25, -0.2) is 15.3 Å². The number of likely N-dealkylation sites (tertiary alicyclic amines) is 1. The van der Waals surface area contributed by atoms with Crippen molar-refractivity contribution < 1.29 is 19.3 Å². The first-order valence-electron chi connectivity index (χ1n) is 10.4. The predicted molar refractivity (Wildman–Crippen MR) is 118 cm³/mol. The molecule has 166 valence electrons. The Morgan fingerprint density at radius 1 is 1.35 bits per heavy atom. The number of aryl methyl sites for hydroxylation is 1. The number of nitrogens with one attached hydrogen (secondary N) is 1. The highest BCUT2D eigenvalue weighted by atomic mass is 79.9. The largest absolute Gasteiger partial charge is 0.391 e. The van der Waals surface area contributed by atoms with E-state index < -0.39 is 23.8 Å². The highest BCUT2D eigenvalue weighted by molar-refractivity contribution is 9.10. The van der Waals surface area contributed by atoms with Crippen LogP contribution < -0.4 is 5.48 Å². The third-order valence-corrected chi connectivity index (χ3v) is 6.36. The van der Waals surface area contributed by atoms with Gasteiger partial charge in [-0.3, -0.25) is 4.79 Å². The van der Waals surface area contributed by atoms with E-state index in [1.165, 1.54) is 0 Å². The van der Waals surface area contributed by atoms with Crippen LogP contribution in [0.3, 0.4) is 0 Å². The molecule has 0 bridgehead atoms. The predicted octanol–water partition coefficient (Wildman–Crippen LogP) is 3.25. The molecule has 3 heterocycles. The summed E-state index contributed by atoms with van der Waals surface area (Å²) in [4.78, 5) is 25.9. The number of aliphatic hydroxyl groups excluding tert-OH is 1. The maximum Gasteiger partial charge on any atom is 0.234 e. The lowest BCUT2D eigenvalue weighted by atomic mass is 9.91. The zero-order valence-corrected chi connectivity index (χ0v) is 19.6. The lowest BCUT2D eigenvalue weighted by Crippen LogP contribution is -2.46. The highest BCUT2D eigenvalue weighted by Crippen LogP contribution is 2.35. The van der Waals surface area contributed by atoms with E-state index in [9.17, 15) is 9.90 Å². The fourth-order valence-electron chi connectivity index (χ4n) is 4.21. The van der Waals surface area contributed by atoms with Crippen molar-refractivity contribution in [1.82, 2.24) is 15.5 Å². The Hall–Kier alpha value is -2.23. The van der Waals surface area contributed by atoms with Gasteiger partial charge in [0.2, 0.25) is 11.6 Å². The van der Waals surface area contributed by atoms with Crippen molar-refractivity contribution in [1.29, 1.82) is 0 Å². The summed E-state index contributed by atoms with van der Waals surface area (Å²) < 4.78 is 6.39. The van der Waals surface area contributed by atoms with E-state index in [2.05, 4.69) is 26.6 Å². The van der Waals surface area contributed by atoms with Gasteiger partial charge in [-0.05, 0) is 31.9 Å². The summed E-state index contributed by atoms with van der Waals surface area (Å²) in [5, 5.41) is 14.3. The molecular formula is C22H27BrN4O4. The quantitative estimate of drug-likeness (QED) is 0.666. The molecule has 1 saturated heterocycles. The zero-order valence-electron chi connectivity index (χ0n) is 18.0. The van der Waals surface area contributed by atoms with Gasteiger partial charge in [0.05, 0.1) is 17.8 Å². The van der Waals surface area contributed by atoms with Crippen LogP contribution in [0, 0.1) is 12.8 Å². The number of β-amino-alcohol motifs (C(OH)–C–C–N with tert-alkyl or cyclic N) is 1. The molecule has 2 N–H and O–H groups in total. The molecule has 1 fully saturated rings. The number of aliphatic imine (C=N–C) groups is 1. The third-order valence-electron chi connectivity index (χ3n) is 5.83. The summed E-state index contributed by atoms with van der Waals surface area (Å²) in [6, 6.07) is 9.11. The second-order valence-corrected chi connectivity index (χ2v) is 9.59. The van der Waals surface area contributed by atoms with Gasteiger partial charge in [-0.2, -0.15) is 0 Å².